The molecule has 0 bridgehead atoms. The Hall–Kier alpha value is -1.58. The molecule has 0 amide bonds. The number of azo groups is 1. The largest absolute Gasteiger partial charge is 0.506 e. The lowest BCUT2D eigenvalue weighted by Gasteiger charge is -1.98. The summed E-state index contributed by atoms with van der Waals surface area (Å²) in [6.07, 6.45) is 0. The van der Waals surface area contributed by atoms with Gasteiger partial charge in [0.05, 0.1) is 5.69 Å². The van der Waals surface area contributed by atoms with Crippen molar-refractivity contribution in [2.24, 2.45) is 10.2 Å². The Morgan fingerprint density at radius 3 is 2.41 bits per heavy atom. The zero-order valence-electron chi connectivity index (χ0n) is 8.64. The summed E-state index contributed by atoms with van der Waals surface area (Å²) >= 11 is 11.6. The zero-order chi connectivity index (χ0) is 12.3. The van der Waals surface area contributed by atoms with E-state index in [0.717, 1.165) is 0 Å². The van der Waals surface area contributed by atoms with E-state index in [9.17, 15) is 5.11 Å². The maximum Gasteiger partial charge on any atom is 0.143 e. The van der Waals surface area contributed by atoms with Gasteiger partial charge in [0.25, 0.3) is 0 Å². The van der Waals surface area contributed by atoms with Crippen LogP contribution in [0.15, 0.2) is 52.7 Å². The number of phenols is 1. The molecule has 2 aromatic rings. The Labute approximate surface area is 108 Å². The van der Waals surface area contributed by atoms with Crippen LogP contribution < -0.4 is 0 Å². The van der Waals surface area contributed by atoms with Crippen molar-refractivity contribution in [2.75, 3.05) is 0 Å². The van der Waals surface area contributed by atoms with Crippen LogP contribution in [0.25, 0.3) is 0 Å². The highest BCUT2D eigenvalue weighted by Crippen LogP contribution is 2.31. The summed E-state index contributed by atoms with van der Waals surface area (Å²) in [4.78, 5) is 0. The van der Waals surface area contributed by atoms with Gasteiger partial charge in [0.1, 0.15) is 11.4 Å². The number of nitrogens with zero attached hydrogens (tertiary/aromatic N) is 2. The van der Waals surface area contributed by atoms with E-state index in [2.05, 4.69) is 10.2 Å². The van der Waals surface area contributed by atoms with Gasteiger partial charge in [-0.2, -0.15) is 5.11 Å². The van der Waals surface area contributed by atoms with Gasteiger partial charge < -0.3 is 5.11 Å². The molecule has 2 rings (SSSR count). The third kappa shape index (κ3) is 3.19. The monoisotopic (exact) mass is 266 g/mol. The second-order valence-corrected chi connectivity index (χ2v) is 4.19. The number of aromatic hydroxyl groups is 1. The first-order chi connectivity index (χ1) is 8.15. The minimum absolute atomic E-state index is 0.0279. The molecule has 0 spiro atoms. The summed E-state index contributed by atoms with van der Waals surface area (Å²) in [5, 5.41) is 18.5. The molecule has 0 fully saturated rings. The average molecular weight is 267 g/mol. The van der Waals surface area contributed by atoms with E-state index in [4.69, 9.17) is 23.2 Å². The molecule has 2 aromatic carbocycles. The quantitative estimate of drug-likeness (QED) is 0.754. The van der Waals surface area contributed by atoms with E-state index >= 15 is 0 Å². The molecule has 0 atom stereocenters. The lowest BCUT2D eigenvalue weighted by Crippen LogP contribution is -1.69. The van der Waals surface area contributed by atoms with E-state index in [1.807, 2.05) is 0 Å². The lowest BCUT2D eigenvalue weighted by atomic mass is 10.3. The molecule has 3 nitrogen and oxygen atoms in total. The number of phenolic OH excluding ortho intramolecular Hbond substituents is 1. The molecule has 0 unspecified atom stereocenters. The highest BCUT2D eigenvalue weighted by molar-refractivity contribution is 6.31. The first kappa shape index (κ1) is 11.9. The second kappa shape index (κ2) is 5.17. The highest BCUT2D eigenvalue weighted by atomic mass is 35.5. The van der Waals surface area contributed by atoms with Crippen LogP contribution in [0.1, 0.15) is 0 Å². The van der Waals surface area contributed by atoms with Gasteiger partial charge in [-0.25, -0.2) is 0 Å². The van der Waals surface area contributed by atoms with Crippen molar-refractivity contribution in [2.45, 2.75) is 0 Å². The van der Waals surface area contributed by atoms with E-state index in [0.29, 0.717) is 21.4 Å². The first-order valence-electron chi connectivity index (χ1n) is 4.81. The highest BCUT2D eigenvalue weighted by Gasteiger charge is 2.00. The van der Waals surface area contributed by atoms with Crippen LogP contribution in [0.4, 0.5) is 11.4 Å². The van der Waals surface area contributed by atoms with Gasteiger partial charge in [0.2, 0.25) is 0 Å². The van der Waals surface area contributed by atoms with E-state index in [-0.39, 0.29) is 5.75 Å². The maximum absolute atomic E-state index is 9.53. The molecule has 5 heteroatoms. The van der Waals surface area contributed by atoms with Crippen molar-refractivity contribution in [1.82, 2.24) is 0 Å². The third-order valence-electron chi connectivity index (χ3n) is 2.02. The van der Waals surface area contributed by atoms with Crippen LogP contribution in [-0.2, 0) is 0 Å². The van der Waals surface area contributed by atoms with Crippen LogP contribution in [0.3, 0.4) is 0 Å². The van der Waals surface area contributed by atoms with Crippen LogP contribution in [0, 0.1) is 0 Å². The first-order valence-corrected chi connectivity index (χ1v) is 5.56. The zero-order valence-corrected chi connectivity index (χ0v) is 10.2. The van der Waals surface area contributed by atoms with Crippen molar-refractivity contribution in [3.8, 4) is 5.75 Å². The molecule has 0 heterocycles. The van der Waals surface area contributed by atoms with Crippen molar-refractivity contribution in [3.05, 3.63) is 52.5 Å². The fourth-order valence-electron chi connectivity index (χ4n) is 1.23. The Bertz CT molecular complexity index is 570. The van der Waals surface area contributed by atoms with Crippen molar-refractivity contribution in [3.63, 3.8) is 0 Å². The smallest absolute Gasteiger partial charge is 0.143 e. The van der Waals surface area contributed by atoms with Crippen molar-refractivity contribution >= 4 is 34.6 Å². The molecule has 0 aromatic heterocycles. The number of halogens is 2. The Morgan fingerprint density at radius 2 is 1.65 bits per heavy atom. The lowest BCUT2D eigenvalue weighted by molar-refractivity contribution is 0.476. The Morgan fingerprint density at radius 1 is 0.882 bits per heavy atom. The Kier molecular flexibility index (Phi) is 3.61. The van der Waals surface area contributed by atoms with E-state index < -0.39 is 0 Å². The van der Waals surface area contributed by atoms with Gasteiger partial charge >= 0.3 is 0 Å². The molecule has 0 aliphatic rings. The molecular weight excluding hydrogens is 259 g/mol. The van der Waals surface area contributed by atoms with Gasteiger partial charge in [-0.05, 0) is 36.4 Å². The minimum atomic E-state index is 0.0279. The normalized spacial score (nSPS) is 10.9. The molecule has 0 radical (unpaired) electrons. The van der Waals surface area contributed by atoms with Gasteiger partial charge in [-0.15, -0.1) is 5.11 Å². The SMILES string of the molecule is Oc1ccc(Cl)cc1N=Nc1cccc(Cl)c1. The van der Waals surface area contributed by atoms with Crippen molar-refractivity contribution < 1.29 is 5.11 Å². The topological polar surface area (TPSA) is 45.0 Å². The summed E-state index contributed by atoms with van der Waals surface area (Å²) in [5.41, 5.74) is 0.925. The molecule has 86 valence electrons. The summed E-state index contributed by atoms with van der Waals surface area (Å²) in [6, 6.07) is 11.5. The fourth-order valence-corrected chi connectivity index (χ4v) is 1.58. The average Bonchev–Trinajstić information content (AvgIpc) is 2.30. The standard InChI is InChI=1S/C12H8Cl2N2O/c13-8-2-1-3-10(6-8)15-16-11-7-9(14)4-5-12(11)17/h1-7,17H. The predicted octanol–water partition coefficient (Wildman–Crippen LogP) is 5.11. The fraction of sp³-hybridized carbons (Fsp3) is 0. The maximum atomic E-state index is 9.53. The summed E-state index contributed by atoms with van der Waals surface area (Å²) in [7, 11) is 0. The molecule has 0 saturated carbocycles. The molecule has 0 aliphatic carbocycles. The third-order valence-corrected chi connectivity index (χ3v) is 2.49. The van der Waals surface area contributed by atoms with E-state index in [1.165, 1.54) is 12.1 Å². The van der Waals surface area contributed by atoms with Crippen LogP contribution in [0.5, 0.6) is 5.75 Å². The van der Waals surface area contributed by atoms with Crippen molar-refractivity contribution in [1.29, 1.82) is 0 Å². The molecular formula is C12H8Cl2N2O. The van der Waals surface area contributed by atoms with Gasteiger partial charge in [0.15, 0.2) is 0 Å². The number of hydrogen-bond acceptors (Lipinski definition) is 3. The van der Waals surface area contributed by atoms with Gasteiger partial charge in [0, 0.05) is 10.0 Å². The van der Waals surface area contributed by atoms with Gasteiger partial charge in [-0.1, -0.05) is 29.3 Å². The molecule has 0 aliphatic heterocycles. The van der Waals surface area contributed by atoms with Crippen LogP contribution in [-0.4, -0.2) is 5.11 Å². The number of hydrogen-bond donors (Lipinski definition) is 1. The summed E-state index contributed by atoms with van der Waals surface area (Å²) in [6.45, 7) is 0. The molecule has 1 N–H and O–H groups in total. The molecule has 0 saturated heterocycles. The minimum Gasteiger partial charge on any atom is -0.506 e. The number of rotatable bonds is 2. The van der Waals surface area contributed by atoms with Crippen LogP contribution in [0.2, 0.25) is 10.0 Å². The Balaban J connectivity index is 2.29. The summed E-state index contributed by atoms with van der Waals surface area (Å²) < 4.78 is 0. The second-order valence-electron chi connectivity index (χ2n) is 3.31. The predicted molar refractivity (Wildman–Crippen MR) is 68.7 cm³/mol. The molecule has 17 heavy (non-hydrogen) atoms. The van der Waals surface area contributed by atoms with Crippen LogP contribution >= 0.6 is 23.2 Å². The van der Waals surface area contributed by atoms with E-state index in [1.54, 1.807) is 30.3 Å². The van der Waals surface area contributed by atoms with Gasteiger partial charge in [-0.3, -0.25) is 0 Å². The number of benzene rings is 2. The summed E-state index contributed by atoms with van der Waals surface area (Å²) in [5.74, 6) is 0.0279.